The second kappa shape index (κ2) is 4.81. The summed E-state index contributed by atoms with van der Waals surface area (Å²) in [6.07, 6.45) is 1.33. The largest absolute Gasteiger partial charge is 0.282 e. The zero-order chi connectivity index (χ0) is 15.4. The summed E-state index contributed by atoms with van der Waals surface area (Å²) in [4.78, 5) is -0.117. The van der Waals surface area contributed by atoms with Gasteiger partial charge < -0.3 is 0 Å². The lowest BCUT2D eigenvalue weighted by Gasteiger charge is -2.31. The van der Waals surface area contributed by atoms with E-state index in [9.17, 15) is 16.8 Å². The van der Waals surface area contributed by atoms with Crippen LogP contribution in [0, 0.1) is 23.7 Å². The second-order valence-corrected chi connectivity index (χ2v) is 12.1. The number of benzene rings is 1. The van der Waals surface area contributed by atoms with Gasteiger partial charge in [0.25, 0.3) is 17.7 Å². The van der Waals surface area contributed by atoms with Gasteiger partial charge in [0, 0.05) is 0 Å². The molecule has 0 heterocycles. The van der Waals surface area contributed by atoms with Crippen molar-refractivity contribution in [2.24, 2.45) is 23.7 Å². The molecule has 2 saturated carbocycles. The van der Waals surface area contributed by atoms with Crippen molar-refractivity contribution in [2.75, 3.05) is 0 Å². The zero-order valence-corrected chi connectivity index (χ0v) is 13.8. The van der Waals surface area contributed by atoms with Crippen LogP contribution in [0.4, 0.5) is 0 Å². The van der Waals surface area contributed by atoms with E-state index in [-0.39, 0.29) is 16.7 Å². The van der Waals surface area contributed by atoms with Crippen LogP contribution in [0.25, 0.3) is 0 Å². The smallest absolute Gasteiger partial charge is 0.212 e. The molecule has 3 rings (SSSR count). The van der Waals surface area contributed by atoms with E-state index in [1.807, 2.05) is 6.92 Å². The van der Waals surface area contributed by atoms with Gasteiger partial charge in [-0.15, -0.1) is 0 Å². The molecule has 2 fully saturated rings. The molecule has 0 N–H and O–H groups in total. The average molecular weight is 328 g/mol. The van der Waals surface area contributed by atoms with Crippen LogP contribution in [0.2, 0.25) is 0 Å². The van der Waals surface area contributed by atoms with Crippen LogP contribution in [-0.4, -0.2) is 22.1 Å². The minimum Gasteiger partial charge on any atom is -0.212 e. The molecule has 0 aliphatic heterocycles. The van der Waals surface area contributed by atoms with Crippen LogP contribution < -0.4 is 0 Å². The van der Waals surface area contributed by atoms with E-state index in [4.69, 9.17) is 0 Å². The fourth-order valence-electron chi connectivity index (χ4n) is 4.09. The number of hydrogen-bond acceptors (Lipinski definition) is 4. The fraction of sp³-hybridized carbons (Fsp3) is 0.600. The van der Waals surface area contributed by atoms with Gasteiger partial charge in [0.2, 0.25) is 0 Å². The summed E-state index contributed by atoms with van der Waals surface area (Å²) < 4.78 is 50.5. The molecule has 116 valence electrons. The van der Waals surface area contributed by atoms with Gasteiger partial charge in [-0.1, -0.05) is 32.0 Å². The van der Waals surface area contributed by atoms with Crippen molar-refractivity contribution in [1.82, 2.24) is 0 Å². The first-order valence-corrected chi connectivity index (χ1v) is 10.9. The molecule has 1 aromatic carbocycles. The molecule has 5 atom stereocenters. The molecule has 4 nitrogen and oxygen atoms in total. The quantitative estimate of drug-likeness (QED) is 0.799. The average Bonchev–Trinajstić information content (AvgIpc) is 3.01. The van der Waals surface area contributed by atoms with Gasteiger partial charge in [0.05, 0.1) is 10.1 Å². The van der Waals surface area contributed by atoms with Gasteiger partial charge in [0.1, 0.15) is 0 Å². The van der Waals surface area contributed by atoms with Gasteiger partial charge in [-0.3, -0.25) is 0 Å². The van der Waals surface area contributed by atoms with Gasteiger partial charge in [-0.25, -0.2) is 16.8 Å². The molecule has 6 heteroatoms. The lowest BCUT2D eigenvalue weighted by Crippen LogP contribution is -2.37. The van der Waals surface area contributed by atoms with Crippen LogP contribution in [0.5, 0.6) is 0 Å². The minimum atomic E-state index is -4.31. The molecule has 1 aromatic rings. The summed E-state index contributed by atoms with van der Waals surface area (Å²) in [7, 11) is -8.52. The van der Waals surface area contributed by atoms with Crippen molar-refractivity contribution >= 4 is 17.7 Å². The second-order valence-electron chi connectivity index (χ2n) is 6.41. The van der Waals surface area contributed by atoms with Crippen LogP contribution in [0.15, 0.2) is 35.2 Å². The van der Waals surface area contributed by atoms with Crippen LogP contribution >= 0.6 is 0 Å². The Kier molecular flexibility index (Phi) is 3.44. The van der Waals surface area contributed by atoms with Crippen molar-refractivity contribution in [1.29, 1.82) is 0 Å². The molecule has 2 bridgehead atoms. The summed E-state index contributed by atoms with van der Waals surface area (Å²) in [5, 5.41) is -0.737. The lowest BCUT2D eigenvalue weighted by atomic mass is 9.81. The van der Waals surface area contributed by atoms with Gasteiger partial charge >= 0.3 is 0 Å². The molecule has 0 spiro atoms. The maximum atomic E-state index is 12.7. The van der Waals surface area contributed by atoms with Crippen molar-refractivity contribution < 1.29 is 16.8 Å². The highest BCUT2D eigenvalue weighted by Gasteiger charge is 2.56. The Labute approximate surface area is 125 Å². The van der Waals surface area contributed by atoms with E-state index in [0.717, 1.165) is 6.42 Å². The summed E-state index contributed by atoms with van der Waals surface area (Å²) >= 11 is 0. The maximum Gasteiger partial charge on any atom is 0.282 e. The first kappa shape index (κ1) is 15.0. The van der Waals surface area contributed by atoms with Crippen molar-refractivity contribution in [2.45, 2.75) is 36.8 Å². The van der Waals surface area contributed by atoms with E-state index in [0.29, 0.717) is 18.3 Å². The van der Waals surface area contributed by atoms with E-state index >= 15 is 0 Å². The molecular weight excluding hydrogens is 308 g/mol. The molecule has 0 amide bonds. The summed E-state index contributed by atoms with van der Waals surface area (Å²) in [5.74, 6) is 1.08. The molecule has 0 aromatic heterocycles. The summed E-state index contributed by atoms with van der Waals surface area (Å²) in [6.45, 7) is 4.19. The monoisotopic (exact) mass is 328 g/mol. The maximum absolute atomic E-state index is 12.7. The molecular formula is C15H20O4S2. The predicted octanol–water partition coefficient (Wildman–Crippen LogP) is 2.47. The number of hydrogen-bond donors (Lipinski definition) is 0. The normalized spacial score (nSPS) is 36.0. The highest BCUT2D eigenvalue weighted by molar-refractivity contribution is 8.67. The SMILES string of the molecule is CC1C2CC(C1C)C(S(=O)(=O)S(=O)(=O)c1ccccc1)C2. The molecule has 21 heavy (non-hydrogen) atoms. The van der Waals surface area contributed by atoms with E-state index in [1.54, 1.807) is 18.2 Å². The van der Waals surface area contributed by atoms with Gasteiger partial charge in [0.15, 0.2) is 0 Å². The molecule has 2 aliphatic carbocycles. The van der Waals surface area contributed by atoms with Crippen molar-refractivity contribution in [3.63, 3.8) is 0 Å². The third kappa shape index (κ3) is 2.06. The Hall–Kier alpha value is -0.880. The Bertz CT molecular complexity index is 735. The fourth-order valence-corrected chi connectivity index (χ4v) is 9.22. The third-order valence-corrected chi connectivity index (χ3v) is 11.4. The van der Waals surface area contributed by atoms with Crippen LogP contribution in [0.3, 0.4) is 0 Å². The third-order valence-electron chi connectivity index (χ3n) is 5.54. The van der Waals surface area contributed by atoms with Crippen molar-refractivity contribution in [3.05, 3.63) is 30.3 Å². The first-order chi connectivity index (χ1) is 9.76. The molecule has 0 radical (unpaired) electrons. The topological polar surface area (TPSA) is 68.3 Å². The highest BCUT2D eigenvalue weighted by atomic mass is 33.2. The molecule has 5 unspecified atom stereocenters. The predicted molar refractivity (Wildman–Crippen MR) is 80.9 cm³/mol. The lowest BCUT2D eigenvalue weighted by molar-refractivity contribution is 0.262. The summed E-state index contributed by atoms with van der Waals surface area (Å²) in [6, 6.07) is 7.48. The molecule has 0 saturated heterocycles. The van der Waals surface area contributed by atoms with E-state index in [2.05, 4.69) is 6.92 Å². The Morgan fingerprint density at radius 3 is 2.05 bits per heavy atom. The van der Waals surface area contributed by atoms with E-state index in [1.165, 1.54) is 12.1 Å². The molecule has 2 aliphatic rings. The van der Waals surface area contributed by atoms with E-state index < -0.39 is 23.0 Å². The standard InChI is InChI=1S/C15H20O4S2/c1-10-11(2)14-8-12(10)9-15(14)21(18,19)20(16,17)13-6-4-3-5-7-13/h3-7,10-12,14-15H,8-9H2,1-2H3. The number of fused-ring (bicyclic) bond motifs is 2. The Morgan fingerprint density at radius 2 is 1.52 bits per heavy atom. The van der Waals surface area contributed by atoms with Crippen molar-refractivity contribution in [3.8, 4) is 0 Å². The first-order valence-electron chi connectivity index (χ1n) is 7.30. The number of rotatable bonds is 3. The highest BCUT2D eigenvalue weighted by Crippen LogP contribution is 2.55. The van der Waals surface area contributed by atoms with Crippen LogP contribution in [-0.2, 0) is 17.7 Å². The zero-order valence-electron chi connectivity index (χ0n) is 12.1. The minimum absolute atomic E-state index is 0.0199. The van der Waals surface area contributed by atoms with Crippen LogP contribution in [0.1, 0.15) is 26.7 Å². The van der Waals surface area contributed by atoms with Gasteiger partial charge in [-0.2, -0.15) is 0 Å². The van der Waals surface area contributed by atoms with Gasteiger partial charge in [-0.05, 0) is 48.6 Å². The summed E-state index contributed by atoms with van der Waals surface area (Å²) in [5.41, 5.74) is 0. The Balaban J connectivity index is 2.00. The Morgan fingerprint density at radius 1 is 0.905 bits per heavy atom.